The number of aliphatic hydroxyl groups excluding tert-OH is 1. The second-order valence-corrected chi connectivity index (χ2v) is 3.99. The molecule has 88 valence electrons. The van der Waals surface area contributed by atoms with Crippen molar-refractivity contribution in [2.24, 2.45) is 0 Å². The number of aliphatic hydroxyl groups is 1. The first-order chi connectivity index (χ1) is 7.23. The van der Waals surface area contributed by atoms with Crippen molar-refractivity contribution in [2.45, 2.75) is 12.3 Å². The summed E-state index contributed by atoms with van der Waals surface area (Å²) in [7, 11) is 0. The van der Waals surface area contributed by atoms with Crippen LogP contribution in [0.25, 0.3) is 0 Å². The highest BCUT2D eigenvalue weighted by Crippen LogP contribution is 2.33. The summed E-state index contributed by atoms with van der Waals surface area (Å²) in [6, 6.07) is 0.528. The second kappa shape index (κ2) is 4.53. The minimum absolute atomic E-state index is 0.161. The molecule has 0 saturated carbocycles. The molecule has 1 atom stereocenters. The van der Waals surface area contributed by atoms with E-state index in [4.69, 9.17) is 10.2 Å². The zero-order chi connectivity index (χ0) is 12.5. The Morgan fingerprint density at radius 1 is 1.50 bits per heavy atom. The van der Waals surface area contributed by atoms with Crippen molar-refractivity contribution >= 4 is 28.6 Å². The molecule has 2 N–H and O–H groups in total. The maximum Gasteiger partial charge on any atom is 0.417 e. The fourth-order valence-corrected chi connectivity index (χ4v) is 1.55. The van der Waals surface area contributed by atoms with Gasteiger partial charge in [-0.15, -0.1) is 0 Å². The number of nitrogens with zero attached hydrogens (tertiary/aromatic N) is 1. The van der Waals surface area contributed by atoms with Gasteiger partial charge >= 0.3 is 12.1 Å². The normalized spacial score (nSPS) is 13.6. The molecule has 8 heteroatoms. The minimum atomic E-state index is -4.60. The van der Waals surface area contributed by atoms with Gasteiger partial charge in [-0.2, -0.15) is 13.2 Å². The molecule has 0 aliphatic heterocycles. The van der Waals surface area contributed by atoms with E-state index in [1.807, 2.05) is 0 Å². The van der Waals surface area contributed by atoms with Crippen LogP contribution in [0.4, 0.5) is 13.2 Å². The van der Waals surface area contributed by atoms with E-state index < -0.39 is 29.5 Å². The van der Waals surface area contributed by atoms with E-state index in [-0.39, 0.29) is 3.57 Å². The Labute approximate surface area is 101 Å². The number of aromatic nitrogens is 1. The maximum atomic E-state index is 12.4. The lowest BCUT2D eigenvalue weighted by Crippen LogP contribution is -2.15. The smallest absolute Gasteiger partial charge is 0.417 e. The standard InChI is InChI=1S/C8H5F3INO3/c9-8(10,11)3-1-5(6(14)7(15)16)13-2-4(3)12/h1-2,6,14H,(H,15,16). The van der Waals surface area contributed by atoms with Crippen LogP contribution >= 0.6 is 22.6 Å². The number of alkyl halides is 3. The molecule has 1 heterocycles. The molecule has 0 amide bonds. The third-order valence-corrected chi connectivity index (χ3v) is 2.56. The van der Waals surface area contributed by atoms with Crippen molar-refractivity contribution in [1.29, 1.82) is 0 Å². The fourth-order valence-electron chi connectivity index (χ4n) is 0.948. The van der Waals surface area contributed by atoms with E-state index in [0.717, 1.165) is 6.20 Å². The van der Waals surface area contributed by atoms with Crippen molar-refractivity contribution in [1.82, 2.24) is 4.98 Å². The van der Waals surface area contributed by atoms with E-state index in [0.29, 0.717) is 6.07 Å². The number of carboxylic acid groups (broad SMARTS) is 1. The summed E-state index contributed by atoms with van der Waals surface area (Å²) >= 11 is 1.43. The van der Waals surface area contributed by atoms with Gasteiger partial charge in [0, 0.05) is 9.77 Å². The van der Waals surface area contributed by atoms with Gasteiger partial charge < -0.3 is 10.2 Å². The van der Waals surface area contributed by atoms with Gasteiger partial charge in [0.25, 0.3) is 0 Å². The quantitative estimate of drug-likeness (QED) is 0.801. The maximum absolute atomic E-state index is 12.4. The molecule has 0 spiro atoms. The molecule has 0 bridgehead atoms. The summed E-state index contributed by atoms with van der Waals surface area (Å²) in [6.07, 6.45) is -5.80. The lowest BCUT2D eigenvalue weighted by atomic mass is 10.1. The van der Waals surface area contributed by atoms with Crippen LogP contribution in [-0.4, -0.2) is 21.2 Å². The van der Waals surface area contributed by atoms with Crippen LogP contribution in [0.3, 0.4) is 0 Å². The molecule has 1 rings (SSSR count). The summed E-state index contributed by atoms with van der Waals surface area (Å²) in [5, 5.41) is 17.5. The molecule has 0 saturated heterocycles. The largest absolute Gasteiger partial charge is 0.479 e. The molecule has 0 fully saturated rings. The number of hydrogen-bond acceptors (Lipinski definition) is 3. The van der Waals surface area contributed by atoms with E-state index in [1.165, 1.54) is 22.6 Å². The van der Waals surface area contributed by atoms with Crippen LogP contribution in [0, 0.1) is 3.57 Å². The van der Waals surface area contributed by atoms with Crippen LogP contribution in [0.15, 0.2) is 12.3 Å². The molecule has 1 aromatic heterocycles. The first-order valence-corrected chi connectivity index (χ1v) is 4.95. The van der Waals surface area contributed by atoms with Crippen LogP contribution in [0.1, 0.15) is 17.4 Å². The van der Waals surface area contributed by atoms with Gasteiger partial charge in [0.05, 0.1) is 11.3 Å². The predicted octanol–water partition coefficient (Wildman–Crippen LogP) is 1.82. The number of pyridine rings is 1. The number of hydrogen-bond donors (Lipinski definition) is 2. The van der Waals surface area contributed by atoms with E-state index in [1.54, 1.807) is 0 Å². The van der Waals surface area contributed by atoms with Crippen molar-refractivity contribution in [3.63, 3.8) is 0 Å². The monoisotopic (exact) mass is 347 g/mol. The van der Waals surface area contributed by atoms with Crippen LogP contribution < -0.4 is 0 Å². The summed E-state index contributed by atoms with van der Waals surface area (Å²) in [4.78, 5) is 13.8. The van der Waals surface area contributed by atoms with Crippen molar-refractivity contribution in [3.05, 3.63) is 27.1 Å². The Morgan fingerprint density at radius 2 is 2.06 bits per heavy atom. The Hall–Kier alpha value is -0.900. The first kappa shape index (κ1) is 13.2. The minimum Gasteiger partial charge on any atom is -0.479 e. The van der Waals surface area contributed by atoms with Gasteiger partial charge in [-0.05, 0) is 28.7 Å². The number of aliphatic carboxylic acids is 1. The number of carbonyl (C=O) groups is 1. The molecule has 0 aromatic carbocycles. The molecule has 4 nitrogen and oxygen atoms in total. The molecule has 1 aromatic rings. The fraction of sp³-hybridized carbons (Fsp3) is 0.250. The highest BCUT2D eigenvalue weighted by Gasteiger charge is 2.34. The molecule has 0 aliphatic rings. The summed E-state index contributed by atoms with van der Waals surface area (Å²) < 4.78 is 37.1. The van der Waals surface area contributed by atoms with Gasteiger partial charge in [0.1, 0.15) is 0 Å². The Bertz CT molecular complexity index is 421. The molecular weight excluding hydrogens is 342 g/mol. The SMILES string of the molecule is O=C(O)C(O)c1cc(C(F)(F)F)c(I)cn1. The van der Waals surface area contributed by atoms with Gasteiger partial charge in [0.15, 0.2) is 6.10 Å². The van der Waals surface area contributed by atoms with Gasteiger partial charge in [-0.1, -0.05) is 0 Å². The van der Waals surface area contributed by atoms with E-state index in [9.17, 15) is 18.0 Å². The topological polar surface area (TPSA) is 70.4 Å². The van der Waals surface area contributed by atoms with Gasteiger partial charge in [-0.3, -0.25) is 4.98 Å². The number of rotatable bonds is 2. The third-order valence-electron chi connectivity index (χ3n) is 1.70. The average Bonchev–Trinajstić information content (AvgIpc) is 2.15. The summed E-state index contributed by atoms with van der Waals surface area (Å²) in [5.41, 5.74) is -1.56. The van der Waals surface area contributed by atoms with E-state index in [2.05, 4.69) is 4.98 Å². The lowest BCUT2D eigenvalue weighted by Gasteiger charge is -2.11. The van der Waals surface area contributed by atoms with Gasteiger partial charge in [-0.25, -0.2) is 4.79 Å². The number of carboxylic acids is 1. The lowest BCUT2D eigenvalue weighted by molar-refractivity contribution is -0.147. The average molecular weight is 347 g/mol. The first-order valence-electron chi connectivity index (χ1n) is 3.87. The highest BCUT2D eigenvalue weighted by atomic mass is 127. The molecule has 0 radical (unpaired) electrons. The molecule has 16 heavy (non-hydrogen) atoms. The third kappa shape index (κ3) is 2.82. The van der Waals surface area contributed by atoms with Crippen LogP contribution in [-0.2, 0) is 11.0 Å². The predicted molar refractivity (Wildman–Crippen MR) is 54.6 cm³/mol. The van der Waals surface area contributed by atoms with Crippen LogP contribution in [0.2, 0.25) is 0 Å². The molecule has 1 unspecified atom stereocenters. The van der Waals surface area contributed by atoms with Crippen LogP contribution in [0.5, 0.6) is 0 Å². The highest BCUT2D eigenvalue weighted by molar-refractivity contribution is 14.1. The molecular formula is C8H5F3INO3. The zero-order valence-electron chi connectivity index (χ0n) is 7.49. The number of halogens is 4. The van der Waals surface area contributed by atoms with Gasteiger partial charge in [0.2, 0.25) is 0 Å². The zero-order valence-corrected chi connectivity index (χ0v) is 9.65. The summed E-state index contributed by atoms with van der Waals surface area (Å²) in [6.45, 7) is 0. The van der Waals surface area contributed by atoms with Crippen molar-refractivity contribution in [2.75, 3.05) is 0 Å². The summed E-state index contributed by atoms with van der Waals surface area (Å²) in [5.74, 6) is -1.65. The van der Waals surface area contributed by atoms with E-state index >= 15 is 0 Å². The second-order valence-electron chi connectivity index (χ2n) is 2.83. The Morgan fingerprint density at radius 3 is 2.50 bits per heavy atom. The molecule has 0 aliphatic carbocycles. The Kier molecular flexibility index (Phi) is 3.73. The Balaban J connectivity index is 3.23. The van der Waals surface area contributed by atoms with Crippen molar-refractivity contribution < 1.29 is 28.2 Å². The van der Waals surface area contributed by atoms with Crippen molar-refractivity contribution in [3.8, 4) is 0 Å².